The Labute approximate surface area is 103 Å². The molecule has 0 N–H and O–H groups in total. The van der Waals surface area contributed by atoms with Crippen LogP contribution in [0.1, 0.15) is 33.3 Å². The van der Waals surface area contributed by atoms with Gasteiger partial charge in [0.25, 0.3) is 0 Å². The molecule has 0 radical (unpaired) electrons. The molecule has 17 heavy (non-hydrogen) atoms. The molecular formula is C13H18BNO2. The summed E-state index contributed by atoms with van der Waals surface area (Å²) in [5, 5.41) is 0. The molecule has 90 valence electrons. The van der Waals surface area contributed by atoms with E-state index in [1.165, 1.54) is 0 Å². The van der Waals surface area contributed by atoms with Gasteiger partial charge < -0.3 is 9.31 Å². The molecule has 0 spiro atoms. The summed E-state index contributed by atoms with van der Waals surface area (Å²) in [4.78, 5) is 4.34. The summed E-state index contributed by atoms with van der Waals surface area (Å²) in [6.45, 7) is 11.8. The van der Waals surface area contributed by atoms with E-state index in [0.717, 1.165) is 11.2 Å². The van der Waals surface area contributed by atoms with Crippen LogP contribution in [0, 0.1) is 0 Å². The third-order valence-electron chi connectivity index (χ3n) is 3.54. The monoisotopic (exact) mass is 231 g/mol. The molecule has 1 aliphatic rings. The Balaban J connectivity index is 2.22. The average molecular weight is 231 g/mol. The van der Waals surface area contributed by atoms with Crippen LogP contribution in [0.2, 0.25) is 0 Å². The number of rotatable bonds is 2. The Morgan fingerprint density at radius 3 is 2.18 bits per heavy atom. The van der Waals surface area contributed by atoms with Gasteiger partial charge in [0.15, 0.2) is 0 Å². The first-order valence-electron chi connectivity index (χ1n) is 5.80. The van der Waals surface area contributed by atoms with Crippen LogP contribution in [-0.2, 0) is 9.31 Å². The van der Waals surface area contributed by atoms with Crippen molar-refractivity contribution in [1.82, 2.24) is 4.98 Å². The van der Waals surface area contributed by atoms with E-state index in [1.54, 1.807) is 12.3 Å². The van der Waals surface area contributed by atoms with Crippen LogP contribution in [0.25, 0.3) is 6.08 Å². The Morgan fingerprint density at radius 2 is 1.76 bits per heavy atom. The maximum Gasteiger partial charge on any atom is 0.514 e. The fraction of sp³-hybridized carbons (Fsp3) is 0.462. The smallest absolute Gasteiger partial charge is 0.398 e. The Kier molecular flexibility index (Phi) is 2.88. The molecule has 0 aliphatic carbocycles. The molecule has 0 bridgehead atoms. The SMILES string of the molecule is C=Cc1ccc(B2OC(C)(C)C(C)(C)O2)nc1. The van der Waals surface area contributed by atoms with Crippen molar-refractivity contribution in [2.45, 2.75) is 38.9 Å². The number of pyridine rings is 1. The van der Waals surface area contributed by atoms with Gasteiger partial charge in [0.1, 0.15) is 0 Å². The van der Waals surface area contributed by atoms with Gasteiger partial charge in [0.05, 0.1) is 16.8 Å². The number of aromatic nitrogens is 1. The van der Waals surface area contributed by atoms with Crippen LogP contribution >= 0.6 is 0 Å². The van der Waals surface area contributed by atoms with Gasteiger partial charge >= 0.3 is 7.12 Å². The molecule has 4 heteroatoms. The maximum absolute atomic E-state index is 5.91. The van der Waals surface area contributed by atoms with Gasteiger partial charge in [0, 0.05) is 6.20 Å². The van der Waals surface area contributed by atoms with Crippen LogP contribution in [-0.4, -0.2) is 23.3 Å². The highest BCUT2D eigenvalue weighted by Gasteiger charge is 2.52. The van der Waals surface area contributed by atoms with E-state index >= 15 is 0 Å². The number of hydrogen-bond acceptors (Lipinski definition) is 3. The normalized spacial score (nSPS) is 21.5. The summed E-state index contributed by atoms with van der Waals surface area (Å²) in [6, 6.07) is 3.87. The van der Waals surface area contributed by atoms with E-state index in [2.05, 4.69) is 11.6 Å². The van der Waals surface area contributed by atoms with Gasteiger partial charge in [-0.2, -0.15) is 0 Å². The van der Waals surface area contributed by atoms with Crippen molar-refractivity contribution in [2.24, 2.45) is 0 Å². The fourth-order valence-corrected chi connectivity index (χ4v) is 1.64. The van der Waals surface area contributed by atoms with Gasteiger partial charge in [-0.3, -0.25) is 4.98 Å². The zero-order chi connectivity index (χ0) is 12.7. The van der Waals surface area contributed by atoms with E-state index < -0.39 is 0 Å². The van der Waals surface area contributed by atoms with E-state index in [9.17, 15) is 0 Å². The molecule has 1 fully saturated rings. The summed E-state index contributed by atoms with van der Waals surface area (Å²) in [6.07, 6.45) is 3.54. The third-order valence-corrected chi connectivity index (χ3v) is 3.54. The maximum atomic E-state index is 5.91. The Morgan fingerprint density at radius 1 is 1.18 bits per heavy atom. The zero-order valence-corrected chi connectivity index (χ0v) is 10.9. The van der Waals surface area contributed by atoms with E-state index in [1.807, 2.05) is 39.8 Å². The lowest BCUT2D eigenvalue weighted by atomic mass is 9.84. The first kappa shape index (κ1) is 12.3. The second-order valence-electron chi connectivity index (χ2n) is 5.31. The molecule has 2 rings (SSSR count). The minimum Gasteiger partial charge on any atom is -0.398 e. The standard InChI is InChI=1S/C13H18BNO2/c1-6-10-7-8-11(15-9-10)14-16-12(2,3)13(4,5)17-14/h6-9H,1H2,2-5H3. The van der Waals surface area contributed by atoms with Crippen molar-refractivity contribution >= 4 is 18.8 Å². The molecule has 0 aromatic carbocycles. The van der Waals surface area contributed by atoms with Crippen molar-refractivity contribution in [3.63, 3.8) is 0 Å². The first-order chi connectivity index (χ1) is 7.86. The summed E-state index contributed by atoms with van der Waals surface area (Å²) in [7, 11) is -0.390. The van der Waals surface area contributed by atoms with Gasteiger partial charge in [-0.1, -0.05) is 18.7 Å². The fourth-order valence-electron chi connectivity index (χ4n) is 1.64. The van der Waals surface area contributed by atoms with Crippen LogP contribution in [0.15, 0.2) is 24.9 Å². The van der Waals surface area contributed by atoms with Crippen LogP contribution in [0.3, 0.4) is 0 Å². The van der Waals surface area contributed by atoms with Gasteiger partial charge in [-0.25, -0.2) is 0 Å². The van der Waals surface area contributed by atoms with E-state index in [0.29, 0.717) is 0 Å². The molecular weight excluding hydrogens is 213 g/mol. The molecule has 1 aliphatic heterocycles. The van der Waals surface area contributed by atoms with Crippen molar-refractivity contribution < 1.29 is 9.31 Å². The molecule has 2 heterocycles. The first-order valence-corrected chi connectivity index (χ1v) is 5.80. The summed E-state index contributed by atoms with van der Waals surface area (Å²) in [5.74, 6) is 0. The molecule has 0 unspecified atom stereocenters. The van der Waals surface area contributed by atoms with Crippen molar-refractivity contribution in [1.29, 1.82) is 0 Å². The second kappa shape index (κ2) is 3.96. The molecule has 1 saturated heterocycles. The van der Waals surface area contributed by atoms with E-state index in [4.69, 9.17) is 9.31 Å². The number of hydrogen-bond donors (Lipinski definition) is 0. The van der Waals surface area contributed by atoms with Crippen LogP contribution < -0.4 is 5.59 Å². The summed E-state index contributed by atoms with van der Waals surface area (Å²) in [5.41, 5.74) is 1.15. The molecule has 0 amide bonds. The number of nitrogens with zero attached hydrogens (tertiary/aromatic N) is 1. The lowest BCUT2D eigenvalue weighted by Gasteiger charge is -2.32. The quantitative estimate of drug-likeness (QED) is 0.729. The zero-order valence-electron chi connectivity index (χ0n) is 10.9. The van der Waals surface area contributed by atoms with Crippen molar-refractivity contribution in [3.05, 3.63) is 30.5 Å². The highest BCUT2D eigenvalue weighted by atomic mass is 16.7. The molecule has 0 atom stereocenters. The van der Waals surface area contributed by atoms with Gasteiger partial charge in [0.2, 0.25) is 0 Å². The van der Waals surface area contributed by atoms with Gasteiger partial charge in [-0.05, 0) is 39.3 Å². The van der Waals surface area contributed by atoms with Crippen molar-refractivity contribution in [2.75, 3.05) is 0 Å². The second-order valence-corrected chi connectivity index (χ2v) is 5.31. The predicted octanol–water partition coefficient (Wildman–Crippen LogP) is 2.02. The average Bonchev–Trinajstić information content (AvgIpc) is 2.48. The molecule has 0 saturated carbocycles. The molecule has 1 aromatic rings. The molecule has 1 aromatic heterocycles. The predicted molar refractivity (Wildman–Crippen MR) is 70.0 cm³/mol. The summed E-state index contributed by atoms with van der Waals surface area (Å²) < 4.78 is 11.8. The van der Waals surface area contributed by atoms with Crippen LogP contribution in [0.4, 0.5) is 0 Å². The third kappa shape index (κ3) is 2.15. The lowest BCUT2D eigenvalue weighted by molar-refractivity contribution is 0.00578. The van der Waals surface area contributed by atoms with Crippen LogP contribution in [0.5, 0.6) is 0 Å². The minimum absolute atomic E-state index is 0.323. The highest BCUT2D eigenvalue weighted by Crippen LogP contribution is 2.36. The molecule has 3 nitrogen and oxygen atoms in total. The van der Waals surface area contributed by atoms with Crippen molar-refractivity contribution in [3.8, 4) is 0 Å². The van der Waals surface area contributed by atoms with Gasteiger partial charge in [-0.15, -0.1) is 0 Å². The van der Waals surface area contributed by atoms with E-state index in [-0.39, 0.29) is 18.3 Å². The lowest BCUT2D eigenvalue weighted by Crippen LogP contribution is -2.41. The summed E-state index contributed by atoms with van der Waals surface area (Å²) >= 11 is 0. The Bertz CT molecular complexity index is 410. The largest absolute Gasteiger partial charge is 0.514 e. The highest BCUT2D eigenvalue weighted by molar-refractivity contribution is 6.61. The Hall–Kier alpha value is -1.13. The minimum atomic E-state index is -0.390. The topological polar surface area (TPSA) is 31.4 Å².